The molecule has 3 rings (SSSR count). The van der Waals surface area contributed by atoms with Gasteiger partial charge in [-0.2, -0.15) is 9.78 Å². The van der Waals surface area contributed by atoms with Crippen molar-refractivity contribution in [2.24, 2.45) is 5.73 Å². The van der Waals surface area contributed by atoms with Gasteiger partial charge in [-0.1, -0.05) is 18.2 Å². The summed E-state index contributed by atoms with van der Waals surface area (Å²) >= 11 is 0. The molecule has 0 saturated heterocycles. The normalized spacial score (nSPS) is 13.1. The van der Waals surface area contributed by atoms with Crippen LogP contribution in [0.25, 0.3) is 0 Å². The molecule has 98 valence electrons. The van der Waals surface area contributed by atoms with Crippen LogP contribution >= 0.6 is 0 Å². The Labute approximate surface area is 109 Å². The number of nitrogens with two attached hydrogens (primary N) is 1. The number of benzene rings is 1. The van der Waals surface area contributed by atoms with Crippen molar-refractivity contribution in [2.75, 3.05) is 11.9 Å². The van der Waals surface area contributed by atoms with Crippen molar-refractivity contribution in [1.82, 2.24) is 9.78 Å². The third kappa shape index (κ3) is 1.95. The molecule has 0 radical (unpaired) electrons. The maximum Gasteiger partial charge on any atom is 0.341 e. The molecule has 2 aromatic rings. The van der Waals surface area contributed by atoms with Crippen molar-refractivity contribution in [3.05, 3.63) is 46.9 Å². The number of nitrogens with one attached hydrogen (secondary N) is 1. The number of carbonyl (C=O) groups is 1. The van der Waals surface area contributed by atoms with E-state index in [2.05, 4.69) is 10.4 Å². The number of fused-ring (bicyclic) bond motifs is 1. The van der Waals surface area contributed by atoms with Crippen LogP contribution in [0, 0.1) is 5.82 Å². The predicted octanol–water partition coefficient (Wildman–Crippen LogP) is 1.51. The first-order valence-corrected chi connectivity index (χ1v) is 6.04. The summed E-state index contributed by atoms with van der Waals surface area (Å²) in [5, 5.41) is 7.26. The largest absolute Gasteiger partial charge is 0.369 e. The summed E-state index contributed by atoms with van der Waals surface area (Å²) in [5.74, 6) is 0.370. The number of amides is 1. The second-order valence-corrected chi connectivity index (χ2v) is 4.47. The first-order valence-electron chi connectivity index (χ1n) is 6.04. The molecule has 0 spiro atoms. The Hall–Kier alpha value is -2.37. The highest BCUT2D eigenvalue weighted by atomic mass is 19.1. The van der Waals surface area contributed by atoms with Gasteiger partial charge in [-0.05, 0) is 18.1 Å². The van der Waals surface area contributed by atoms with Crippen molar-refractivity contribution in [3.63, 3.8) is 0 Å². The molecule has 19 heavy (non-hydrogen) atoms. The number of hydrogen-bond acceptors (Lipinski definition) is 3. The summed E-state index contributed by atoms with van der Waals surface area (Å²) in [6.07, 6.45) is 1.13. The van der Waals surface area contributed by atoms with Crippen molar-refractivity contribution >= 4 is 11.8 Å². The lowest BCUT2D eigenvalue weighted by Crippen LogP contribution is -2.22. The minimum absolute atomic E-state index is 0.268. The molecule has 3 N–H and O–H groups in total. The van der Waals surface area contributed by atoms with E-state index in [1.165, 1.54) is 6.07 Å². The molecule has 1 aromatic heterocycles. The highest BCUT2D eigenvalue weighted by Gasteiger charge is 2.24. The number of halogens is 1. The lowest BCUT2D eigenvalue weighted by atomic mass is 10.1. The number of anilines is 1. The fourth-order valence-electron chi connectivity index (χ4n) is 2.37. The first kappa shape index (κ1) is 11.7. The SMILES string of the molecule is NC(=O)n1nc(Cc2ccccc2F)c2c1NCC2. The van der Waals surface area contributed by atoms with Gasteiger partial charge >= 0.3 is 6.03 Å². The third-order valence-corrected chi connectivity index (χ3v) is 3.26. The summed E-state index contributed by atoms with van der Waals surface area (Å²) in [7, 11) is 0. The van der Waals surface area contributed by atoms with Crippen molar-refractivity contribution in [1.29, 1.82) is 0 Å². The Balaban J connectivity index is 2.01. The Morgan fingerprint density at radius 1 is 1.47 bits per heavy atom. The minimum atomic E-state index is -0.634. The standard InChI is InChI=1S/C13H13FN4O/c14-10-4-2-1-3-8(10)7-11-9-5-6-16-12(9)18(17-11)13(15)19/h1-4,16H,5-7H2,(H2,15,19). The van der Waals surface area contributed by atoms with Crippen molar-refractivity contribution in [2.45, 2.75) is 12.8 Å². The summed E-state index contributed by atoms with van der Waals surface area (Å²) in [5.41, 5.74) is 7.48. The smallest absolute Gasteiger partial charge is 0.341 e. The molecule has 0 saturated carbocycles. The number of hydrogen-bond donors (Lipinski definition) is 2. The molecule has 0 unspecified atom stereocenters. The van der Waals surface area contributed by atoms with Crippen LogP contribution in [0.4, 0.5) is 15.0 Å². The third-order valence-electron chi connectivity index (χ3n) is 3.26. The summed E-state index contributed by atoms with van der Waals surface area (Å²) in [6.45, 7) is 0.741. The fraction of sp³-hybridized carbons (Fsp3) is 0.231. The lowest BCUT2D eigenvalue weighted by Gasteiger charge is -2.02. The highest BCUT2D eigenvalue weighted by molar-refractivity contribution is 5.79. The predicted molar refractivity (Wildman–Crippen MR) is 68.6 cm³/mol. The van der Waals surface area contributed by atoms with E-state index in [1.807, 2.05) is 0 Å². The first-order chi connectivity index (χ1) is 9.16. The zero-order valence-electron chi connectivity index (χ0n) is 10.2. The molecule has 0 fully saturated rings. The van der Waals surface area contributed by atoms with Gasteiger partial charge in [0.05, 0.1) is 5.69 Å². The quantitative estimate of drug-likeness (QED) is 0.859. The molecule has 5 nitrogen and oxygen atoms in total. The molecule has 1 aromatic carbocycles. The average Bonchev–Trinajstić information content (AvgIpc) is 2.95. The summed E-state index contributed by atoms with van der Waals surface area (Å²) in [4.78, 5) is 11.3. The Morgan fingerprint density at radius 3 is 3.00 bits per heavy atom. The van der Waals surface area contributed by atoms with Gasteiger partial charge < -0.3 is 11.1 Å². The molecule has 1 amide bonds. The van der Waals surface area contributed by atoms with E-state index in [9.17, 15) is 9.18 Å². The van der Waals surface area contributed by atoms with Crippen molar-refractivity contribution < 1.29 is 9.18 Å². The fourth-order valence-corrected chi connectivity index (χ4v) is 2.37. The number of primary amides is 1. The maximum atomic E-state index is 13.7. The monoisotopic (exact) mass is 260 g/mol. The van der Waals surface area contributed by atoms with E-state index >= 15 is 0 Å². The van der Waals surface area contributed by atoms with Gasteiger partial charge in [0, 0.05) is 18.5 Å². The molecule has 6 heteroatoms. The van der Waals surface area contributed by atoms with Gasteiger partial charge in [-0.3, -0.25) is 0 Å². The average molecular weight is 260 g/mol. The summed E-state index contributed by atoms with van der Waals surface area (Å²) in [6, 6.07) is 5.92. The Morgan fingerprint density at radius 2 is 2.26 bits per heavy atom. The van der Waals surface area contributed by atoms with E-state index in [0.29, 0.717) is 23.5 Å². The number of aromatic nitrogens is 2. The molecular weight excluding hydrogens is 247 g/mol. The van der Waals surface area contributed by atoms with Crippen LogP contribution in [0.1, 0.15) is 16.8 Å². The second kappa shape index (κ2) is 4.38. The molecule has 0 aliphatic carbocycles. The number of nitrogens with zero attached hydrogens (tertiary/aromatic N) is 2. The van der Waals surface area contributed by atoms with E-state index in [0.717, 1.165) is 23.2 Å². The van der Waals surface area contributed by atoms with Crippen LogP contribution in [-0.2, 0) is 12.8 Å². The zero-order chi connectivity index (χ0) is 13.4. The second-order valence-electron chi connectivity index (χ2n) is 4.47. The van der Waals surface area contributed by atoms with E-state index < -0.39 is 6.03 Å². The van der Waals surface area contributed by atoms with Gasteiger partial charge in [0.25, 0.3) is 0 Å². The van der Waals surface area contributed by atoms with Crippen LogP contribution in [-0.4, -0.2) is 22.4 Å². The van der Waals surface area contributed by atoms with Crippen LogP contribution in [0.5, 0.6) is 0 Å². The molecule has 1 aliphatic heterocycles. The molecule has 0 bridgehead atoms. The Kier molecular flexibility index (Phi) is 2.70. The van der Waals surface area contributed by atoms with Crippen LogP contribution in [0.3, 0.4) is 0 Å². The molecular formula is C13H13FN4O. The number of carbonyl (C=O) groups excluding carboxylic acids is 1. The van der Waals surface area contributed by atoms with Crippen LogP contribution < -0.4 is 11.1 Å². The van der Waals surface area contributed by atoms with E-state index in [4.69, 9.17) is 5.73 Å². The van der Waals surface area contributed by atoms with E-state index in [1.54, 1.807) is 18.2 Å². The lowest BCUT2D eigenvalue weighted by molar-refractivity contribution is 0.248. The van der Waals surface area contributed by atoms with Crippen LogP contribution in [0.2, 0.25) is 0 Å². The Bertz CT molecular complexity index is 650. The van der Waals surface area contributed by atoms with Gasteiger partial charge in [-0.15, -0.1) is 0 Å². The number of rotatable bonds is 2. The molecule has 1 aliphatic rings. The maximum absolute atomic E-state index is 13.7. The van der Waals surface area contributed by atoms with Gasteiger partial charge in [0.1, 0.15) is 11.6 Å². The van der Waals surface area contributed by atoms with Gasteiger partial charge in [0.15, 0.2) is 0 Å². The minimum Gasteiger partial charge on any atom is -0.369 e. The van der Waals surface area contributed by atoms with Crippen molar-refractivity contribution in [3.8, 4) is 0 Å². The van der Waals surface area contributed by atoms with E-state index in [-0.39, 0.29) is 5.82 Å². The molecule has 0 atom stereocenters. The highest BCUT2D eigenvalue weighted by Crippen LogP contribution is 2.27. The van der Waals surface area contributed by atoms with Crippen LogP contribution in [0.15, 0.2) is 24.3 Å². The molecule has 2 heterocycles. The van der Waals surface area contributed by atoms with Gasteiger partial charge in [0.2, 0.25) is 0 Å². The topological polar surface area (TPSA) is 72.9 Å². The summed E-state index contributed by atoms with van der Waals surface area (Å²) < 4.78 is 14.8. The zero-order valence-corrected chi connectivity index (χ0v) is 10.2. The van der Waals surface area contributed by atoms with Gasteiger partial charge in [-0.25, -0.2) is 9.18 Å².